The van der Waals surface area contributed by atoms with Crippen LogP contribution in [0.25, 0.3) is 0 Å². The first kappa shape index (κ1) is 8.99. The minimum absolute atomic E-state index is 0.00583. The third kappa shape index (κ3) is 2.50. The summed E-state index contributed by atoms with van der Waals surface area (Å²) >= 11 is 0. The number of piperidine rings is 1. The summed E-state index contributed by atoms with van der Waals surface area (Å²) in [5.74, 6) is 0. The molecule has 3 N–H and O–H groups in total. The van der Waals surface area contributed by atoms with Gasteiger partial charge in [-0.2, -0.15) is 0 Å². The van der Waals surface area contributed by atoms with Crippen LogP contribution in [0.3, 0.4) is 0 Å². The molecule has 0 spiro atoms. The van der Waals surface area contributed by atoms with Crippen molar-refractivity contribution in [3.63, 3.8) is 0 Å². The molecule has 0 aliphatic carbocycles. The summed E-state index contributed by atoms with van der Waals surface area (Å²) in [6.07, 6.45) is 4.15. The number of hydrogen-bond acceptors (Lipinski definition) is 3. The summed E-state index contributed by atoms with van der Waals surface area (Å²) in [7, 11) is 0. The molecule has 0 aromatic heterocycles. The SMILES string of the molecule is O=CNC1CCCC(NC=O)N1. The molecule has 1 aliphatic rings. The van der Waals surface area contributed by atoms with Gasteiger partial charge in [-0.1, -0.05) is 0 Å². The van der Waals surface area contributed by atoms with Crippen molar-refractivity contribution in [3.8, 4) is 0 Å². The maximum Gasteiger partial charge on any atom is 0.208 e. The molecule has 1 rings (SSSR count). The van der Waals surface area contributed by atoms with E-state index in [2.05, 4.69) is 16.0 Å². The molecule has 2 unspecified atom stereocenters. The van der Waals surface area contributed by atoms with Gasteiger partial charge < -0.3 is 10.6 Å². The number of carbonyl (C=O) groups is 2. The van der Waals surface area contributed by atoms with Crippen LogP contribution in [-0.4, -0.2) is 25.2 Å². The normalized spacial score (nSPS) is 29.0. The van der Waals surface area contributed by atoms with Crippen LogP contribution in [-0.2, 0) is 9.59 Å². The number of nitrogens with one attached hydrogen (secondary N) is 3. The van der Waals surface area contributed by atoms with Gasteiger partial charge in [0, 0.05) is 0 Å². The molecule has 0 aromatic carbocycles. The topological polar surface area (TPSA) is 70.2 Å². The summed E-state index contributed by atoms with van der Waals surface area (Å²) in [5.41, 5.74) is 0. The average molecular weight is 171 g/mol. The fourth-order valence-electron chi connectivity index (χ4n) is 1.36. The second-order valence-corrected chi connectivity index (χ2v) is 2.77. The van der Waals surface area contributed by atoms with Crippen LogP contribution < -0.4 is 16.0 Å². The highest BCUT2D eigenvalue weighted by atomic mass is 16.1. The number of carbonyl (C=O) groups excluding carboxylic acids is 2. The van der Waals surface area contributed by atoms with Gasteiger partial charge in [0.15, 0.2) is 0 Å². The Morgan fingerprint density at radius 3 is 2.00 bits per heavy atom. The maximum absolute atomic E-state index is 10.1. The van der Waals surface area contributed by atoms with Crippen molar-refractivity contribution >= 4 is 12.8 Å². The van der Waals surface area contributed by atoms with Crippen LogP contribution >= 0.6 is 0 Å². The van der Waals surface area contributed by atoms with Crippen LogP contribution in [0.4, 0.5) is 0 Å². The van der Waals surface area contributed by atoms with Crippen LogP contribution in [0.15, 0.2) is 0 Å². The molecular weight excluding hydrogens is 158 g/mol. The number of rotatable bonds is 4. The lowest BCUT2D eigenvalue weighted by atomic mass is 10.1. The molecule has 2 amide bonds. The Bertz CT molecular complexity index is 147. The Hall–Kier alpha value is -1.10. The Kier molecular flexibility index (Phi) is 3.53. The molecular formula is C7H13N3O2. The maximum atomic E-state index is 10.1. The van der Waals surface area contributed by atoms with Crippen LogP contribution in [0.2, 0.25) is 0 Å². The van der Waals surface area contributed by atoms with Gasteiger partial charge in [0.2, 0.25) is 12.8 Å². The standard InChI is InChI=1S/C7H13N3O2/c11-4-8-6-2-1-3-7(10-6)9-5-12/h4-7,10H,1-3H2,(H,8,11)(H,9,12). The number of amides is 2. The van der Waals surface area contributed by atoms with E-state index in [0.29, 0.717) is 12.8 Å². The molecule has 5 nitrogen and oxygen atoms in total. The Morgan fingerprint density at radius 2 is 1.58 bits per heavy atom. The Labute approximate surface area is 70.9 Å². The lowest BCUT2D eigenvalue weighted by Crippen LogP contribution is -2.55. The first-order valence-corrected chi connectivity index (χ1v) is 4.02. The minimum atomic E-state index is -0.00583. The third-order valence-corrected chi connectivity index (χ3v) is 1.93. The van der Waals surface area contributed by atoms with Crippen molar-refractivity contribution in [1.29, 1.82) is 0 Å². The van der Waals surface area contributed by atoms with Crippen LogP contribution in [0, 0.1) is 0 Å². The predicted molar refractivity (Wildman–Crippen MR) is 43.0 cm³/mol. The zero-order valence-electron chi connectivity index (χ0n) is 6.75. The van der Waals surface area contributed by atoms with Gasteiger partial charge in [0.05, 0.1) is 12.3 Å². The highest BCUT2D eigenvalue weighted by molar-refractivity contribution is 5.47. The van der Waals surface area contributed by atoms with Crippen LogP contribution in [0.1, 0.15) is 19.3 Å². The molecule has 2 atom stereocenters. The van der Waals surface area contributed by atoms with E-state index in [1.165, 1.54) is 0 Å². The Morgan fingerprint density at radius 1 is 1.08 bits per heavy atom. The van der Waals surface area contributed by atoms with Gasteiger partial charge in [0.1, 0.15) is 0 Å². The first-order valence-electron chi connectivity index (χ1n) is 4.02. The van der Waals surface area contributed by atoms with Crippen molar-refractivity contribution in [1.82, 2.24) is 16.0 Å². The zero-order valence-corrected chi connectivity index (χ0v) is 6.75. The summed E-state index contributed by atoms with van der Waals surface area (Å²) in [4.78, 5) is 20.2. The van der Waals surface area contributed by atoms with E-state index in [-0.39, 0.29) is 12.3 Å². The van der Waals surface area contributed by atoms with Gasteiger partial charge in [0.25, 0.3) is 0 Å². The molecule has 5 heteroatoms. The quantitative estimate of drug-likeness (QED) is 0.470. The van der Waals surface area contributed by atoms with Crippen molar-refractivity contribution in [3.05, 3.63) is 0 Å². The van der Waals surface area contributed by atoms with E-state index in [0.717, 1.165) is 19.3 Å². The van der Waals surface area contributed by atoms with E-state index in [1.54, 1.807) is 0 Å². The van der Waals surface area contributed by atoms with Crippen molar-refractivity contribution in [2.45, 2.75) is 31.6 Å². The van der Waals surface area contributed by atoms with Crippen molar-refractivity contribution < 1.29 is 9.59 Å². The molecule has 12 heavy (non-hydrogen) atoms. The molecule has 1 saturated heterocycles. The Balaban J connectivity index is 2.29. The van der Waals surface area contributed by atoms with E-state index in [4.69, 9.17) is 0 Å². The summed E-state index contributed by atoms with van der Waals surface area (Å²) in [5, 5.41) is 8.32. The lowest BCUT2D eigenvalue weighted by molar-refractivity contribution is -0.110. The molecule has 0 aromatic rings. The second-order valence-electron chi connectivity index (χ2n) is 2.77. The third-order valence-electron chi connectivity index (χ3n) is 1.93. The van der Waals surface area contributed by atoms with Gasteiger partial charge in [-0.3, -0.25) is 14.9 Å². The molecule has 0 radical (unpaired) electrons. The zero-order chi connectivity index (χ0) is 8.81. The highest BCUT2D eigenvalue weighted by Gasteiger charge is 2.18. The van der Waals surface area contributed by atoms with E-state index >= 15 is 0 Å². The van der Waals surface area contributed by atoms with Gasteiger partial charge in [-0.25, -0.2) is 0 Å². The average Bonchev–Trinajstić information content (AvgIpc) is 2.06. The molecule has 0 bridgehead atoms. The predicted octanol–water partition coefficient (Wildman–Crippen LogP) is -1.10. The minimum Gasteiger partial charge on any atom is -0.343 e. The second kappa shape index (κ2) is 4.71. The molecule has 0 saturated carbocycles. The fraction of sp³-hybridized carbons (Fsp3) is 0.714. The smallest absolute Gasteiger partial charge is 0.208 e. The summed E-state index contributed by atoms with van der Waals surface area (Å²) in [6, 6.07) is 0. The van der Waals surface area contributed by atoms with Gasteiger partial charge in [-0.05, 0) is 19.3 Å². The monoisotopic (exact) mass is 171 g/mol. The van der Waals surface area contributed by atoms with Gasteiger partial charge >= 0.3 is 0 Å². The van der Waals surface area contributed by atoms with Crippen LogP contribution in [0.5, 0.6) is 0 Å². The summed E-state index contributed by atoms with van der Waals surface area (Å²) < 4.78 is 0. The molecule has 1 fully saturated rings. The lowest BCUT2D eigenvalue weighted by Gasteiger charge is -2.29. The van der Waals surface area contributed by atoms with Gasteiger partial charge in [-0.15, -0.1) is 0 Å². The van der Waals surface area contributed by atoms with E-state index < -0.39 is 0 Å². The molecule has 1 heterocycles. The van der Waals surface area contributed by atoms with E-state index in [9.17, 15) is 9.59 Å². The molecule has 68 valence electrons. The van der Waals surface area contributed by atoms with Crippen molar-refractivity contribution in [2.24, 2.45) is 0 Å². The largest absolute Gasteiger partial charge is 0.343 e. The molecule has 1 aliphatic heterocycles. The number of hydrogen-bond donors (Lipinski definition) is 3. The highest BCUT2D eigenvalue weighted by Crippen LogP contribution is 2.08. The van der Waals surface area contributed by atoms with Crippen molar-refractivity contribution in [2.75, 3.05) is 0 Å². The first-order chi connectivity index (χ1) is 5.86. The summed E-state index contributed by atoms with van der Waals surface area (Å²) in [6.45, 7) is 0. The van der Waals surface area contributed by atoms with E-state index in [1.807, 2.05) is 0 Å². The fourth-order valence-corrected chi connectivity index (χ4v) is 1.36.